The van der Waals surface area contributed by atoms with Gasteiger partial charge in [-0.15, -0.1) is 5.10 Å². The van der Waals surface area contributed by atoms with Crippen molar-refractivity contribution in [1.82, 2.24) is 9.78 Å². The molecule has 16 heavy (non-hydrogen) atoms. The lowest BCUT2D eigenvalue weighted by atomic mass is 10.2. The molecule has 0 saturated carbocycles. The zero-order valence-corrected chi connectivity index (χ0v) is 9.73. The molecule has 1 heterocycles. The summed E-state index contributed by atoms with van der Waals surface area (Å²) >= 11 is 5.19. The third kappa shape index (κ3) is 1.88. The molecule has 0 bridgehead atoms. The molecule has 2 rings (SSSR count). The molecule has 0 aliphatic heterocycles. The Morgan fingerprint density at radius 1 is 1.44 bits per heavy atom. The van der Waals surface area contributed by atoms with Crippen molar-refractivity contribution in [3.05, 3.63) is 24.3 Å². The maximum Gasteiger partial charge on any atom is 0.410 e. The van der Waals surface area contributed by atoms with Gasteiger partial charge in [-0.05, 0) is 26.0 Å². The minimum Gasteiger partial charge on any atom is -0.393 e. The third-order valence-corrected chi connectivity index (χ3v) is 2.32. The van der Waals surface area contributed by atoms with E-state index in [1.807, 2.05) is 38.1 Å². The van der Waals surface area contributed by atoms with Crippen LogP contribution in [-0.4, -0.2) is 15.2 Å². The van der Waals surface area contributed by atoms with Crippen LogP contribution < -0.4 is 4.74 Å². The van der Waals surface area contributed by atoms with E-state index in [4.69, 9.17) is 16.3 Å². The predicted molar refractivity (Wildman–Crippen MR) is 62.0 cm³/mol. The van der Waals surface area contributed by atoms with Gasteiger partial charge in [0.25, 0.3) is 5.88 Å². The molecule has 4 nitrogen and oxygen atoms in total. The van der Waals surface area contributed by atoms with Gasteiger partial charge in [-0.25, -0.2) is 4.79 Å². The fourth-order valence-corrected chi connectivity index (χ4v) is 1.68. The van der Waals surface area contributed by atoms with E-state index >= 15 is 0 Å². The Labute approximate surface area is 97.8 Å². The van der Waals surface area contributed by atoms with E-state index in [-0.39, 0.29) is 11.9 Å². The normalized spacial score (nSPS) is 11.0. The largest absolute Gasteiger partial charge is 0.410 e. The highest BCUT2D eigenvalue weighted by atomic mass is 35.5. The maximum atomic E-state index is 10.7. The Morgan fingerprint density at radius 2 is 2.12 bits per heavy atom. The van der Waals surface area contributed by atoms with Gasteiger partial charge in [0.15, 0.2) is 0 Å². The first-order chi connectivity index (χ1) is 7.59. The summed E-state index contributed by atoms with van der Waals surface area (Å²) in [4.78, 5) is 10.7. The average Bonchev–Trinajstić information content (AvgIpc) is 2.57. The Balaban J connectivity index is 2.62. The molecule has 0 radical (unpaired) electrons. The molecule has 0 fully saturated rings. The minimum absolute atomic E-state index is 0.188. The molecular weight excluding hydrogens is 228 g/mol. The molecule has 0 saturated heterocycles. The van der Waals surface area contributed by atoms with Crippen LogP contribution >= 0.6 is 11.6 Å². The zero-order valence-electron chi connectivity index (χ0n) is 8.98. The van der Waals surface area contributed by atoms with Crippen LogP contribution in [0.15, 0.2) is 24.3 Å². The highest BCUT2D eigenvalue weighted by Crippen LogP contribution is 2.27. The molecule has 0 atom stereocenters. The number of rotatable bonds is 2. The van der Waals surface area contributed by atoms with Crippen LogP contribution in [-0.2, 0) is 0 Å². The number of hydrogen-bond acceptors (Lipinski definition) is 3. The van der Waals surface area contributed by atoms with Gasteiger partial charge in [0.1, 0.15) is 0 Å². The zero-order chi connectivity index (χ0) is 11.7. The van der Waals surface area contributed by atoms with Crippen LogP contribution in [0.1, 0.15) is 19.9 Å². The summed E-state index contributed by atoms with van der Waals surface area (Å²) < 4.78 is 6.65. The quantitative estimate of drug-likeness (QED) is 0.754. The van der Waals surface area contributed by atoms with Crippen molar-refractivity contribution in [1.29, 1.82) is 0 Å². The lowest BCUT2D eigenvalue weighted by Gasteiger charge is -2.05. The lowest BCUT2D eigenvalue weighted by Crippen LogP contribution is -2.03. The molecular formula is C11H11ClN2O2. The van der Waals surface area contributed by atoms with Gasteiger partial charge in [-0.2, -0.15) is 0 Å². The van der Waals surface area contributed by atoms with Crippen LogP contribution in [0.4, 0.5) is 4.79 Å². The van der Waals surface area contributed by atoms with Gasteiger partial charge < -0.3 is 4.74 Å². The summed E-state index contributed by atoms with van der Waals surface area (Å²) in [5.74, 6) is 0.254. The summed E-state index contributed by atoms with van der Waals surface area (Å²) in [6, 6.07) is 7.73. The van der Waals surface area contributed by atoms with Crippen molar-refractivity contribution in [2.45, 2.75) is 19.9 Å². The van der Waals surface area contributed by atoms with E-state index in [0.29, 0.717) is 0 Å². The van der Waals surface area contributed by atoms with Gasteiger partial charge in [0.2, 0.25) is 0 Å². The number of carbonyl (C=O) groups excluding carboxylic acids is 1. The van der Waals surface area contributed by atoms with Crippen molar-refractivity contribution in [2.24, 2.45) is 0 Å². The molecule has 0 unspecified atom stereocenters. The van der Waals surface area contributed by atoms with Gasteiger partial charge in [0.05, 0.1) is 10.9 Å². The van der Waals surface area contributed by atoms with E-state index in [2.05, 4.69) is 5.10 Å². The Hall–Kier alpha value is -1.55. The summed E-state index contributed by atoms with van der Waals surface area (Å²) in [6.45, 7) is 4.01. The fraction of sp³-hybridized carbons (Fsp3) is 0.273. The van der Waals surface area contributed by atoms with Crippen LogP contribution in [0.5, 0.6) is 5.88 Å². The average molecular weight is 239 g/mol. The molecule has 0 aliphatic rings. The Bertz CT molecular complexity index is 534. The maximum absolute atomic E-state index is 10.7. The smallest absolute Gasteiger partial charge is 0.393 e. The second-order valence-electron chi connectivity index (χ2n) is 3.70. The summed E-state index contributed by atoms with van der Waals surface area (Å²) in [5, 5.41) is 5.00. The topological polar surface area (TPSA) is 44.1 Å². The first-order valence-corrected chi connectivity index (χ1v) is 5.32. The molecule has 2 aromatic rings. The second-order valence-corrected chi connectivity index (χ2v) is 4.01. The van der Waals surface area contributed by atoms with Crippen LogP contribution in [0.2, 0.25) is 0 Å². The van der Waals surface area contributed by atoms with E-state index in [1.165, 1.54) is 0 Å². The van der Waals surface area contributed by atoms with Crippen LogP contribution in [0.3, 0.4) is 0 Å². The number of nitrogens with zero attached hydrogens (tertiary/aromatic N) is 2. The van der Waals surface area contributed by atoms with Gasteiger partial charge in [-0.1, -0.05) is 12.1 Å². The highest BCUT2D eigenvalue weighted by molar-refractivity contribution is 6.61. The molecule has 0 amide bonds. The van der Waals surface area contributed by atoms with Crippen molar-refractivity contribution in [3.63, 3.8) is 0 Å². The first kappa shape index (κ1) is 11.0. The number of halogens is 1. The number of benzene rings is 1. The van der Waals surface area contributed by atoms with E-state index < -0.39 is 5.43 Å². The first-order valence-electron chi connectivity index (χ1n) is 4.94. The minimum atomic E-state index is -0.876. The van der Waals surface area contributed by atoms with Gasteiger partial charge in [-0.3, -0.25) is 4.68 Å². The fourth-order valence-electron chi connectivity index (χ4n) is 1.60. The van der Waals surface area contributed by atoms with E-state index in [9.17, 15) is 4.79 Å². The summed E-state index contributed by atoms with van der Waals surface area (Å²) in [7, 11) is 0. The summed E-state index contributed by atoms with van der Waals surface area (Å²) in [5.41, 5.74) is 0.0459. The number of carbonyl (C=O) groups is 1. The van der Waals surface area contributed by atoms with Crippen molar-refractivity contribution in [2.75, 3.05) is 0 Å². The number of fused-ring (bicyclic) bond motifs is 1. The number of ether oxygens (including phenoxy) is 1. The predicted octanol–water partition coefficient (Wildman–Crippen LogP) is 3.35. The molecule has 0 N–H and O–H groups in total. The summed E-state index contributed by atoms with van der Waals surface area (Å²) in [6.07, 6.45) is 0. The number of para-hydroxylation sites is 1. The molecule has 0 spiro atoms. The monoisotopic (exact) mass is 238 g/mol. The lowest BCUT2D eigenvalue weighted by molar-refractivity contribution is 0.223. The molecule has 84 valence electrons. The standard InChI is InChI=1S/C11H11ClN2O2/c1-7(2)14-9-6-4-3-5-8(9)10(13-14)16-11(12)15/h3-7H,1-2H3. The van der Waals surface area contributed by atoms with Crippen molar-refractivity contribution in [3.8, 4) is 5.88 Å². The molecule has 0 aliphatic carbocycles. The number of aromatic nitrogens is 2. The van der Waals surface area contributed by atoms with Gasteiger partial charge >= 0.3 is 5.43 Å². The van der Waals surface area contributed by atoms with Crippen LogP contribution in [0.25, 0.3) is 10.9 Å². The SMILES string of the molecule is CC(C)n1nc(OC(=O)Cl)c2ccccc21. The Kier molecular flexibility index (Phi) is 2.83. The van der Waals surface area contributed by atoms with Crippen molar-refractivity contribution < 1.29 is 9.53 Å². The third-order valence-electron chi connectivity index (χ3n) is 2.25. The molecule has 1 aromatic heterocycles. The van der Waals surface area contributed by atoms with Gasteiger partial charge in [0, 0.05) is 17.6 Å². The number of hydrogen-bond donors (Lipinski definition) is 0. The van der Waals surface area contributed by atoms with E-state index in [0.717, 1.165) is 10.9 Å². The van der Waals surface area contributed by atoms with Crippen LogP contribution in [0, 0.1) is 0 Å². The molecule has 5 heteroatoms. The second kappa shape index (κ2) is 4.14. The van der Waals surface area contributed by atoms with E-state index in [1.54, 1.807) is 4.68 Å². The Morgan fingerprint density at radius 3 is 2.75 bits per heavy atom. The molecule has 1 aromatic carbocycles. The van der Waals surface area contributed by atoms with Crippen molar-refractivity contribution >= 4 is 27.9 Å². The highest BCUT2D eigenvalue weighted by Gasteiger charge is 2.14.